The van der Waals surface area contributed by atoms with Gasteiger partial charge in [-0.2, -0.15) is 0 Å². The van der Waals surface area contributed by atoms with Crippen molar-refractivity contribution in [3.63, 3.8) is 0 Å². The van der Waals surface area contributed by atoms with Gasteiger partial charge in [-0.15, -0.1) is 0 Å². The lowest BCUT2D eigenvalue weighted by Crippen LogP contribution is -2.44. The van der Waals surface area contributed by atoms with Crippen LogP contribution in [-0.4, -0.2) is 42.4 Å². The molecule has 2 fully saturated rings. The van der Waals surface area contributed by atoms with Gasteiger partial charge in [-0.05, 0) is 20.3 Å². The SMILES string of the molecule is CC1(C)OC2CCO[C@@H](CO)C2O1. The van der Waals surface area contributed by atoms with Crippen LogP contribution >= 0.6 is 0 Å². The lowest BCUT2D eigenvalue weighted by molar-refractivity contribution is -0.157. The third-order valence-corrected chi connectivity index (χ3v) is 2.50. The first-order valence-corrected chi connectivity index (χ1v) is 4.70. The second-order valence-electron chi connectivity index (χ2n) is 4.02. The molecule has 0 spiro atoms. The van der Waals surface area contributed by atoms with Crippen molar-refractivity contribution in [3.05, 3.63) is 0 Å². The van der Waals surface area contributed by atoms with Crippen molar-refractivity contribution >= 4 is 0 Å². The topological polar surface area (TPSA) is 47.9 Å². The molecule has 2 rings (SSSR count). The summed E-state index contributed by atoms with van der Waals surface area (Å²) in [5.74, 6) is -0.531. The van der Waals surface area contributed by atoms with Gasteiger partial charge < -0.3 is 19.3 Å². The number of aliphatic hydroxyl groups excluding tert-OH is 1. The minimum Gasteiger partial charge on any atom is -0.394 e. The largest absolute Gasteiger partial charge is 0.394 e. The summed E-state index contributed by atoms with van der Waals surface area (Å²) in [4.78, 5) is 0. The van der Waals surface area contributed by atoms with Crippen molar-refractivity contribution in [3.8, 4) is 0 Å². The fourth-order valence-electron chi connectivity index (χ4n) is 1.99. The number of rotatable bonds is 1. The zero-order valence-corrected chi connectivity index (χ0v) is 8.03. The van der Waals surface area contributed by atoms with Crippen LogP contribution < -0.4 is 0 Å². The van der Waals surface area contributed by atoms with Gasteiger partial charge in [-0.1, -0.05) is 0 Å². The summed E-state index contributed by atoms with van der Waals surface area (Å²) in [6.45, 7) is 4.42. The van der Waals surface area contributed by atoms with E-state index < -0.39 is 5.79 Å². The molecular formula is C9H16O4. The standard InChI is InChI=1S/C9H16O4/c1-9(2)12-6-3-4-11-7(5-10)8(6)13-9/h6-8,10H,3-5H2,1-2H3/t6?,7-,8?/m0/s1. The van der Waals surface area contributed by atoms with Crippen LogP contribution in [0.1, 0.15) is 20.3 Å². The molecule has 4 nitrogen and oxygen atoms in total. The summed E-state index contributed by atoms with van der Waals surface area (Å²) >= 11 is 0. The van der Waals surface area contributed by atoms with E-state index >= 15 is 0 Å². The highest BCUT2D eigenvalue weighted by molar-refractivity contribution is 4.89. The fourth-order valence-corrected chi connectivity index (χ4v) is 1.99. The van der Waals surface area contributed by atoms with Gasteiger partial charge in [-0.3, -0.25) is 0 Å². The molecule has 2 unspecified atom stereocenters. The zero-order chi connectivity index (χ0) is 9.47. The van der Waals surface area contributed by atoms with E-state index in [9.17, 15) is 0 Å². The molecule has 4 heteroatoms. The third-order valence-electron chi connectivity index (χ3n) is 2.50. The van der Waals surface area contributed by atoms with E-state index in [4.69, 9.17) is 19.3 Å². The molecule has 3 atom stereocenters. The van der Waals surface area contributed by atoms with Gasteiger partial charge in [0.2, 0.25) is 0 Å². The van der Waals surface area contributed by atoms with E-state index in [0.29, 0.717) is 6.61 Å². The highest BCUT2D eigenvalue weighted by Gasteiger charge is 2.47. The van der Waals surface area contributed by atoms with Gasteiger partial charge in [0.15, 0.2) is 5.79 Å². The molecule has 2 aliphatic heterocycles. The molecule has 2 heterocycles. The molecular weight excluding hydrogens is 172 g/mol. The summed E-state index contributed by atoms with van der Waals surface area (Å²) in [5, 5.41) is 9.05. The van der Waals surface area contributed by atoms with Crippen molar-refractivity contribution in [2.24, 2.45) is 0 Å². The van der Waals surface area contributed by atoms with E-state index in [1.54, 1.807) is 0 Å². The summed E-state index contributed by atoms with van der Waals surface area (Å²) in [7, 11) is 0. The van der Waals surface area contributed by atoms with Crippen LogP contribution in [0.4, 0.5) is 0 Å². The fraction of sp³-hybridized carbons (Fsp3) is 1.00. The minimum atomic E-state index is -0.531. The molecule has 0 aromatic rings. The van der Waals surface area contributed by atoms with Gasteiger partial charge in [0.05, 0.1) is 12.7 Å². The predicted molar refractivity (Wildman–Crippen MR) is 45.3 cm³/mol. The zero-order valence-electron chi connectivity index (χ0n) is 8.03. The smallest absolute Gasteiger partial charge is 0.163 e. The number of hydrogen-bond acceptors (Lipinski definition) is 4. The first-order chi connectivity index (χ1) is 6.12. The Bertz CT molecular complexity index is 192. The molecule has 2 aliphatic rings. The second-order valence-corrected chi connectivity index (χ2v) is 4.02. The molecule has 0 radical (unpaired) electrons. The van der Waals surface area contributed by atoms with E-state index in [2.05, 4.69) is 0 Å². The highest BCUT2D eigenvalue weighted by atomic mass is 16.8. The van der Waals surface area contributed by atoms with Crippen molar-refractivity contribution in [1.29, 1.82) is 0 Å². The monoisotopic (exact) mass is 188 g/mol. The first kappa shape index (κ1) is 9.40. The summed E-state index contributed by atoms with van der Waals surface area (Å²) in [6, 6.07) is 0. The Hall–Kier alpha value is -0.160. The van der Waals surface area contributed by atoms with Crippen molar-refractivity contribution in [1.82, 2.24) is 0 Å². The van der Waals surface area contributed by atoms with E-state index in [0.717, 1.165) is 6.42 Å². The molecule has 1 N–H and O–H groups in total. The van der Waals surface area contributed by atoms with E-state index in [1.165, 1.54) is 0 Å². The van der Waals surface area contributed by atoms with Crippen molar-refractivity contribution in [2.75, 3.05) is 13.2 Å². The maximum atomic E-state index is 9.05. The molecule has 0 amide bonds. The molecule has 0 saturated carbocycles. The molecule has 76 valence electrons. The maximum Gasteiger partial charge on any atom is 0.163 e. The third kappa shape index (κ3) is 1.72. The molecule has 0 aromatic heterocycles. The normalized spacial score (nSPS) is 43.2. The van der Waals surface area contributed by atoms with E-state index in [-0.39, 0.29) is 24.9 Å². The number of ether oxygens (including phenoxy) is 3. The Morgan fingerprint density at radius 1 is 1.38 bits per heavy atom. The summed E-state index contributed by atoms with van der Waals surface area (Å²) < 4.78 is 16.7. The van der Waals surface area contributed by atoms with Gasteiger partial charge in [0.1, 0.15) is 12.2 Å². The highest BCUT2D eigenvalue weighted by Crippen LogP contribution is 2.34. The van der Waals surface area contributed by atoms with Crippen LogP contribution in [0, 0.1) is 0 Å². The van der Waals surface area contributed by atoms with Crippen LogP contribution in [0.5, 0.6) is 0 Å². The molecule has 0 aliphatic carbocycles. The summed E-state index contributed by atoms with van der Waals surface area (Å²) in [5.41, 5.74) is 0. The second kappa shape index (κ2) is 3.20. The Morgan fingerprint density at radius 3 is 2.85 bits per heavy atom. The average molecular weight is 188 g/mol. The van der Waals surface area contributed by atoms with Crippen LogP contribution in [0.3, 0.4) is 0 Å². The van der Waals surface area contributed by atoms with Gasteiger partial charge >= 0.3 is 0 Å². The predicted octanol–water partition coefficient (Wildman–Crippen LogP) is 0.288. The Kier molecular flexibility index (Phi) is 2.32. The Balaban J connectivity index is 2.08. The van der Waals surface area contributed by atoms with Crippen LogP contribution in [0.15, 0.2) is 0 Å². The number of fused-ring (bicyclic) bond motifs is 1. The molecule has 0 aromatic carbocycles. The lowest BCUT2D eigenvalue weighted by Gasteiger charge is -2.29. The Labute approximate surface area is 77.8 Å². The molecule has 2 saturated heterocycles. The van der Waals surface area contributed by atoms with E-state index in [1.807, 2.05) is 13.8 Å². The first-order valence-electron chi connectivity index (χ1n) is 4.70. The van der Waals surface area contributed by atoms with Crippen LogP contribution in [-0.2, 0) is 14.2 Å². The molecule has 0 bridgehead atoms. The van der Waals surface area contributed by atoms with Gasteiger partial charge in [0.25, 0.3) is 0 Å². The lowest BCUT2D eigenvalue weighted by atomic mass is 10.0. The number of aliphatic hydroxyl groups is 1. The average Bonchev–Trinajstić information content (AvgIpc) is 2.37. The van der Waals surface area contributed by atoms with Crippen molar-refractivity contribution in [2.45, 2.75) is 44.4 Å². The van der Waals surface area contributed by atoms with Crippen LogP contribution in [0.2, 0.25) is 0 Å². The van der Waals surface area contributed by atoms with Gasteiger partial charge in [-0.25, -0.2) is 0 Å². The Morgan fingerprint density at radius 2 is 2.15 bits per heavy atom. The van der Waals surface area contributed by atoms with Crippen LogP contribution in [0.25, 0.3) is 0 Å². The maximum absolute atomic E-state index is 9.05. The minimum absolute atomic E-state index is 0.000602. The van der Waals surface area contributed by atoms with Gasteiger partial charge in [0, 0.05) is 6.61 Å². The summed E-state index contributed by atoms with van der Waals surface area (Å²) in [6.07, 6.45) is 0.611. The van der Waals surface area contributed by atoms with Crippen molar-refractivity contribution < 1.29 is 19.3 Å². The quantitative estimate of drug-likeness (QED) is 0.642. The molecule has 13 heavy (non-hydrogen) atoms. The number of hydrogen-bond donors (Lipinski definition) is 1.